The van der Waals surface area contributed by atoms with Crippen LogP contribution in [0.2, 0.25) is 0 Å². The molecular weight excluding hydrogens is 318 g/mol. The molecule has 0 amide bonds. The molecule has 2 heterocycles. The minimum Gasteiger partial charge on any atom is -0.508 e. The van der Waals surface area contributed by atoms with Gasteiger partial charge in [0.25, 0.3) is 0 Å². The summed E-state index contributed by atoms with van der Waals surface area (Å²) in [5.74, 6) is -0.772. The van der Waals surface area contributed by atoms with Gasteiger partial charge < -0.3 is 15.5 Å². The Labute approximate surface area is 144 Å². The second-order valence-corrected chi connectivity index (χ2v) is 5.98. The summed E-state index contributed by atoms with van der Waals surface area (Å²) in [7, 11) is 0. The second kappa shape index (κ2) is 6.07. The number of nitrogens with zero attached hydrogens (tertiary/aromatic N) is 2. The van der Waals surface area contributed by atoms with Crippen molar-refractivity contribution < 1.29 is 15.0 Å². The van der Waals surface area contributed by atoms with Crippen LogP contribution in [0.3, 0.4) is 0 Å². The predicted molar refractivity (Wildman–Crippen MR) is 93.0 cm³/mol. The number of para-hydroxylation sites is 1. The highest BCUT2D eigenvalue weighted by atomic mass is 16.4. The summed E-state index contributed by atoms with van der Waals surface area (Å²) in [5.41, 5.74) is 4.58. The Bertz CT molecular complexity index is 945. The lowest BCUT2D eigenvalue weighted by atomic mass is 10.0. The van der Waals surface area contributed by atoms with Crippen molar-refractivity contribution in [2.75, 3.05) is 6.54 Å². The van der Waals surface area contributed by atoms with Gasteiger partial charge in [-0.05, 0) is 36.4 Å². The molecule has 6 heteroatoms. The maximum atomic E-state index is 11.6. The summed E-state index contributed by atoms with van der Waals surface area (Å²) in [6.45, 7) is 1.50. The van der Waals surface area contributed by atoms with E-state index in [9.17, 15) is 15.0 Å². The van der Waals surface area contributed by atoms with Crippen LogP contribution >= 0.6 is 0 Å². The fraction of sp³-hybridized carbons (Fsp3) is 0.158. The fourth-order valence-electron chi connectivity index (χ4n) is 3.24. The highest BCUT2D eigenvalue weighted by Crippen LogP contribution is 2.31. The van der Waals surface area contributed by atoms with Crippen molar-refractivity contribution in [2.24, 2.45) is 0 Å². The third-order valence-electron chi connectivity index (χ3n) is 4.43. The lowest BCUT2D eigenvalue weighted by molar-refractivity contribution is 0.0696. The van der Waals surface area contributed by atoms with Crippen molar-refractivity contribution in [3.05, 3.63) is 65.4 Å². The van der Waals surface area contributed by atoms with Gasteiger partial charge in [-0.3, -0.25) is 0 Å². The molecule has 3 aromatic rings. The summed E-state index contributed by atoms with van der Waals surface area (Å²) in [5, 5.41) is 27.1. The van der Waals surface area contributed by atoms with Crippen molar-refractivity contribution >= 4 is 5.97 Å². The van der Waals surface area contributed by atoms with Gasteiger partial charge in [0.05, 0.1) is 22.6 Å². The first-order valence-electron chi connectivity index (χ1n) is 8.09. The number of aromatic nitrogens is 2. The van der Waals surface area contributed by atoms with E-state index in [1.807, 2.05) is 18.2 Å². The number of phenols is 1. The molecule has 2 aromatic carbocycles. The standard InChI is InChI=1S/C19H17N3O3/c23-13-7-5-12(6-8-13)18-15-11-20-10-9-17(15)22(21-18)16-4-2-1-3-14(16)19(24)25/h1-8,20,23H,9-11H2,(H,24,25). The lowest BCUT2D eigenvalue weighted by Crippen LogP contribution is -2.25. The topological polar surface area (TPSA) is 87.4 Å². The third kappa shape index (κ3) is 2.66. The molecule has 4 rings (SSSR count). The summed E-state index contributed by atoms with van der Waals surface area (Å²) < 4.78 is 1.75. The first-order chi connectivity index (χ1) is 12.1. The number of carboxylic acid groups (broad SMARTS) is 1. The third-order valence-corrected chi connectivity index (χ3v) is 4.43. The number of hydrogen-bond acceptors (Lipinski definition) is 4. The molecule has 1 aliphatic rings. The maximum Gasteiger partial charge on any atom is 0.337 e. The highest BCUT2D eigenvalue weighted by Gasteiger charge is 2.24. The summed E-state index contributed by atoms with van der Waals surface area (Å²) in [4.78, 5) is 11.6. The predicted octanol–water partition coefficient (Wildman–Crippen LogP) is 2.59. The van der Waals surface area contributed by atoms with E-state index in [1.54, 1.807) is 35.0 Å². The van der Waals surface area contributed by atoms with Gasteiger partial charge in [-0.1, -0.05) is 12.1 Å². The number of hydrogen-bond donors (Lipinski definition) is 3. The largest absolute Gasteiger partial charge is 0.508 e. The van der Waals surface area contributed by atoms with Crippen LogP contribution in [0.1, 0.15) is 21.6 Å². The van der Waals surface area contributed by atoms with E-state index in [4.69, 9.17) is 5.10 Å². The minimum atomic E-state index is -0.972. The lowest BCUT2D eigenvalue weighted by Gasteiger charge is -2.16. The van der Waals surface area contributed by atoms with Gasteiger partial charge in [0.15, 0.2) is 0 Å². The smallest absolute Gasteiger partial charge is 0.337 e. The average Bonchev–Trinajstić information content (AvgIpc) is 3.02. The highest BCUT2D eigenvalue weighted by molar-refractivity contribution is 5.92. The molecule has 0 aliphatic carbocycles. The number of nitrogens with one attached hydrogen (secondary N) is 1. The van der Waals surface area contributed by atoms with Crippen LogP contribution < -0.4 is 5.32 Å². The van der Waals surface area contributed by atoms with Crippen molar-refractivity contribution in [1.82, 2.24) is 15.1 Å². The zero-order valence-corrected chi connectivity index (χ0v) is 13.4. The van der Waals surface area contributed by atoms with Gasteiger partial charge in [0.1, 0.15) is 5.75 Å². The molecule has 126 valence electrons. The Morgan fingerprint density at radius 2 is 1.88 bits per heavy atom. The number of benzene rings is 2. The number of phenolic OH excluding ortho intramolecular Hbond substituents is 1. The van der Waals surface area contributed by atoms with Gasteiger partial charge in [0, 0.05) is 30.6 Å². The molecule has 0 radical (unpaired) electrons. The average molecular weight is 335 g/mol. The summed E-state index contributed by atoms with van der Waals surface area (Å²) >= 11 is 0. The molecule has 0 bridgehead atoms. The first kappa shape index (κ1) is 15.4. The molecule has 1 aromatic heterocycles. The Kier molecular flexibility index (Phi) is 3.74. The van der Waals surface area contributed by atoms with Gasteiger partial charge in [-0.2, -0.15) is 5.10 Å². The number of carboxylic acids is 1. The molecule has 25 heavy (non-hydrogen) atoms. The van der Waals surface area contributed by atoms with E-state index in [1.165, 1.54) is 0 Å². The van der Waals surface area contributed by atoms with Gasteiger partial charge in [-0.25, -0.2) is 9.48 Å². The molecule has 0 fully saturated rings. The van der Waals surface area contributed by atoms with Crippen LogP contribution in [0.4, 0.5) is 0 Å². The number of aromatic carboxylic acids is 1. The summed E-state index contributed by atoms with van der Waals surface area (Å²) in [6.07, 6.45) is 0.772. The second-order valence-electron chi connectivity index (χ2n) is 5.98. The SMILES string of the molecule is O=C(O)c1ccccc1-n1nc(-c2ccc(O)cc2)c2c1CCNC2. The fourth-order valence-corrected chi connectivity index (χ4v) is 3.24. The van der Waals surface area contributed by atoms with E-state index >= 15 is 0 Å². The van der Waals surface area contributed by atoms with Crippen LogP contribution in [0.15, 0.2) is 48.5 Å². The molecule has 0 atom stereocenters. The quantitative estimate of drug-likeness (QED) is 0.685. The Hall–Kier alpha value is -3.12. The van der Waals surface area contributed by atoms with Crippen molar-refractivity contribution in [2.45, 2.75) is 13.0 Å². The summed E-state index contributed by atoms with van der Waals surface area (Å²) in [6, 6.07) is 13.8. The number of carbonyl (C=O) groups is 1. The van der Waals surface area contributed by atoms with Gasteiger partial charge >= 0.3 is 5.97 Å². The van der Waals surface area contributed by atoms with Crippen LogP contribution in [0, 0.1) is 0 Å². The minimum absolute atomic E-state index is 0.200. The monoisotopic (exact) mass is 335 g/mol. The number of aromatic hydroxyl groups is 1. The zero-order chi connectivity index (χ0) is 17.4. The Morgan fingerprint density at radius 1 is 1.12 bits per heavy atom. The number of fused-ring (bicyclic) bond motifs is 1. The Morgan fingerprint density at radius 3 is 2.64 bits per heavy atom. The van der Waals surface area contributed by atoms with E-state index in [0.29, 0.717) is 12.2 Å². The maximum absolute atomic E-state index is 11.6. The molecule has 3 N–H and O–H groups in total. The van der Waals surface area contributed by atoms with Gasteiger partial charge in [-0.15, -0.1) is 0 Å². The molecule has 0 saturated heterocycles. The normalized spacial score (nSPS) is 13.4. The molecule has 0 spiro atoms. The van der Waals surface area contributed by atoms with Crippen LogP contribution in [0.25, 0.3) is 16.9 Å². The van der Waals surface area contributed by atoms with E-state index in [2.05, 4.69) is 5.32 Å². The van der Waals surface area contributed by atoms with Gasteiger partial charge in [0.2, 0.25) is 0 Å². The van der Waals surface area contributed by atoms with E-state index in [-0.39, 0.29) is 11.3 Å². The molecule has 0 unspecified atom stereocenters. The number of rotatable bonds is 3. The van der Waals surface area contributed by atoms with Crippen LogP contribution in [-0.2, 0) is 13.0 Å². The van der Waals surface area contributed by atoms with E-state index in [0.717, 1.165) is 35.5 Å². The van der Waals surface area contributed by atoms with Crippen LogP contribution in [-0.4, -0.2) is 32.5 Å². The molecule has 0 saturated carbocycles. The molecular formula is C19H17N3O3. The molecule has 1 aliphatic heterocycles. The first-order valence-corrected chi connectivity index (χ1v) is 8.09. The molecule has 6 nitrogen and oxygen atoms in total. The Balaban J connectivity index is 1.93. The van der Waals surface area contributed by atoms with E-state index < -0.39 is 5.97 Å². The van der Waals surface area contributed by atoms with Crippen molar-refractivity contribution in [3.63, 3.8) is 0 Å². The van der Waals surface area contributed by atoms with Crippen molar-refractivity contribution in [3.8, 4) is 22.7 Å². The van der Waals surface area contributed by atoms with Crippen molar-refractivity contribution in [1.29, 1.82) is 0 Å². The van der Waals surface area contributed by atoms with Crippen LogP contribution in [0.5, 0.6) is 5.75 Å². The zero-order valence-electron chi connectivity index (χ0n) is 13.4.